The second kappa shape index (κ2) is 9.25. The van der Waals surface area contributed by atoms with Crippen molar-refractivity contribution < 1.29 is 9.59 Å². The van der Waals surface area contributed by atoms with Gasteiger partial charge in [-0.25, -0.2) is 0 Å². The molecule has 5 nitrogen and oxygen atoms in total. The zero-order valence-electron chi connectivity index (χ0n) is 13.4. The number of likely N-dealkylation sites (N-methyl/N-ethyl adjacent to an activating group) is 2. The Balaban J connectivity index is 0.00000264. The molecule has 0 aromatic heterocycles. The van der Waals surface area contributed by atoms with Crippen LogP contribution < -0.4 is 5.32 Å². The molecule has 128 valence electrons. The largest absolute Gasteiger partial charge is 0.343 e. The fourth-order valence-corrected chi connectivity index (χ4v) is 2.93. The molecule has 1 aromatic carbocycles. The highest BCUT2D eigenvalue weighted by Crippen LogP contribution is 2.22. The molecule has 7 heteroatoms. The highest BCUT2D eigenvalue weighted by atomic mass is 79.9. The summed E-state index contributed by atoms with van der Waals surface area (Å²) in [4.78, 5) is 28.6. The Kier molecular flexibility index (Phi) is 8.02. The first-order valence-electron chi connectivity index (χ1n) is 7.50. The van der Waals surface area contributed by atoms with E-state index in [-0.39, 0.29) is 30.3 Å². The average Bonchev–Trinajstić information content (AvgIpc) is 3.01. The summed E-state index contributed by atoms with van der Waals surface area (Å²) < 4.78 is 0.935. The van der Waals surface area contributed by atoms with Crippen molar-refractivity contribution in [2.45, 2.75) is 18.9 Å². The number of benzene rings is 1. The zero-order valence-corrected chi connectivity index (χ0v) is 15.8. The summed E-state index contributed by atoms with van der Waals surface area (Å²) in [5.41, 5.74) is 0.626. The number of carbonyl (C=O) groups is 2. The van der Waals surface area contributed by atoms with E-state index in [4.69, 9.17) is 0 Å². The van der Waals surface area contributed by atoms with Gasteiger partial charge in [0.15, 0.2) is 0 Å². The molecule has 2 amide bonds. The van der Waals surface area contributed by atoms with Crippen LogP contribution in [0.15, 0.2) is 28.7 Å². The highest BCUT2D eigenvalue weighted by Gasteiger charge is 2.35. The van der Waals surface area contributed by atoms with Gasteiger partial charge in [-0.15, -0.1) is 12.4 Å². The molecule has 2 rings (SSSR count). The molecule has 1 heterocycles. The molecular weight excluding hydrogens is 382 g/mol. The molecule has 0 saturated carbocycles. The fourth-order valence-electron chi connectivity index (χ4n) is 2.67. The van der Waals surface area contributed by atoms with Crippen molar-refractivity contribution in [3.8, 4) is 0 Å². The summed E-state index contributed by atoms with van der Waals surface area (Å²) in [6, 6.07) is 6.93. The van der Waals surface area contributed by atoms with E-state index < -0.39 is 0 Å². The Labute approximate surface area is 151 Å². The van der Waals surface area contributed by atoms with E-state index >= 15 is 0 Å². The second-order valence-electron chi connectivity index (χ2n) is 5.53. The molecule has 0 spiro atoms. The third-order valence-electron chi connectivity index (χ3n) is 3.96. The van der Waals surface area contributed by atoms with E-state index in [1.54, 1.807) is 29.0 Å². The smallest absolute Gasteiger partial charge is 0.254 e. The average molecular weight is 405 g/mol. The standard InChI is InChI=1S/C16H22BrN3O2.ClH/c1-18-9-11-19(2)16(22)14-4-3-10-20(14)15(21)12-5-7-13(17)8-6-12;/h5-8,14,18H,3-4,9-11H2,1-2H3;1H. The summed E-state index contributed by atoms with van der Waals surface area (Å²) in [6.45, 7) is 2.03. The Morgan fingerprint density at radius 1 is 1.35 bits per heavy atom. The van der Waals surface area contributed by atoms with Crippen molar-refractivity contribution in [3.05, 3.63) is 34.3 Å². The number of halogens is 2. The molecule has 0 bridgehead atoms. The predicted octanol–water partition coefficient (Wildman–Crippen LogP) is 2.15. The van der Waals surface area contributed by atoms with Crippen LogP contribution in [-0.2, 0) is 4.79 Å². The number of nitrogens with zero attached hydrogens (tertiary/aromatic N) is 2. The second-order valence-corrected chi connectivity index (χ2v) is 6.44. The minimum absolute atomic E-state index is 0. The van der Waals surface area contributed by atoms with Gasteiger partial charge in [-0.2, -0.15) is 0 Å². The van der Waals surface area contributed by atoms with Crippen molar-refractivity contribution in [3.63, 3.8) is 0 Å². The number of rotatable bonds is 5. The number of nitrogens with one attached hydrogen (secondary N) is 1. The first-order valence-corrected chi connectivity index (χ1v) is 8.30. The van der Waals surface area contributed by atoms with Gasteiger partial charge in [0.1, 0.15) is 6.04 Å². The topological polar surface area (TPSA) is 52.7 Å². The number of likely N-dealkylation sites (tertiary alicyclic amines) is 1. The SMILES string of the molecule is CNCCN(C)C(=O)C1CCCN1C(=O)c1ccc(Br)cc1.Cl. The van der Waals surface area contributed by atoms with E-state index in [0.29, 0.717) is 18.7 Å². The number of amides is 2. The van der Waals surface area contributed by atoms with E-state index in [1.807, 2.05) is 19.2 Å². The molecule has 1 atom stereocenters. The molecule has 0 aliphatic carbocycles. The quantitative estimate of drug-likeness (QED) is 0.818. The normalized spacial score (nSPS) is 16.8. The van der Waals surface area contributed by atoms with Crippen LogP contribution in [0.5, 0.6) is 0 Å². The maximum Gasteiger partial charge on any atom is 0.254 e. The number of hydrogen-bond acceptors (Lipinski definition) is 3. The molecular formula is C16H23BrClN3O2. The summed E-state index contributed by atoms with van der Waals surface area (Å²) >= 11 is 3.36. The summed E-state index contributed by atoms with van der Waals surface area (Å²) in [5, 5.41) is 3.03. The summed E-state index contributed by atoms with van der Waals surface area (Å²) in [6.07, 6.45) is 1.61. The van der Waals surface area contributed by atoms with Crippen molar-refractivity contribution in [1.29, 1.82) is 0 Å². The van der Waals surface area contributed by atoms with Crippen LogP contribution in [-0.4, -0.2) is 61.4 Å². The number of hydrogen-bond donors (Lipinski definition) is 1. The van der Waals surface area contributed by atoms with Gasteiger partial charge in [0.05, 0.1) is 0 Å². The zero-order chi connectivity index (χ0) is 16.1. The van der Waals surface area contributed by atoms with E-state index in [9.17, 15) is 9.59 Å². The summed E-state index contributed by atoms with van der Waals surface area (Å²) in [5.74, 6) is -0.0384. The lowest BCUT2D eigenvalue weighted by Gasteiger charge is -2.28. The van der Waals surface area contributed by atoms with Gasteiger partial charge in [0.2, 0.25) is 5.91 Å². The van der Waals surface area contributed by atoms with Crippen LogP contribution >= 0.6 is 28.3 Å². The Morgan fingerprint density at radius 3 is 2.61 bits per heavy atom. The van der Waals surface area contributed by atoms with E-state index in [0.717, 1.165) is 23.9 Å². The molecule has 1 aliphatic heterocycles. The molecule has 0 radical (unpaired) electrons. The fraction of sp³-hybridized carbons (Fsp3) is 0.500. The Morgan fingerprint density at radius 2 is 2.00 bits per heavy atom. The van der Waals surface area contributed by atoms with E-state index in [2.05, 4.69) is 21.2 Å². The molecule has 1 saturated heterocycles. The van der Waals surface area contributed by atoms with Crippen LogP contribution in [0.3, 0.4) is 0 Å². The minimum Gasteiger partial charge on any atom is -0.343 e. The van der Waals surface area contributed by atoms with Crippen LogP contribution in [0.25, 0.3) is 0 Å². The highest BCUT2D eigenvalue weighted by molar-refractivity contribution is 9.10. The molecule has 1 N–H and O–H groups in total. The lowest BCUT2D eigenvalue weighted by molar-refractivity contribution is -0.133. The molecule has 1 aromatic rings. The van der Waals surface area contributed by atoms with Gasteiger partial charge in [0.25, 0.3) is 5.91 Å². The van der Waals surface area contributed by atoms with Crippen molar-refractivity contribution in [2.24, 2.45) is 0 Å². The third kappa shape index (κ3) is 4.93. The minimum atomic E-state index is -0.335. The van der Waals surface area contributed by atoms with Gasteiger partial charge < -0.3 is 15.1 Å². The van der Waals surface area contributed by atoms with Gasteiger partial charge >= 0.3 is 0 Å². The van der Waals surface area contributed by atoms with Gasteiger partial charge in [-0.3, -0.25) is 9.59 Å². The van der Waals surface area contributed by atoms with Crippen LogP contribution in [0.2, 0.25) is 0 Å². The van der Waals surface area contributed by atoms with Crippen LogP contribution in [0.4, 0.5) is 0 Å². The molecule has 1 fully saturated rings. The lowest BCUT2D eigenvalue weighted by atomic mass is 10.1. The first kappa shape index (κ1) is 19.9. The molecule has 23 heavy (non-hydrogen) atoms. The van der Waals surface area contributed by atoms with Crippen LogP contribution in [0, 0.1) is 0 Å². The number of carbonyl (C=O) groups excluding carboxylic acids is 2. The lowest BCUT2D eigenvalue weighted by Crippen LogP contribution is -2.47. The van der Waals surface area contributed by atoms with Gasteiger partial charge in [-0.1, -0.05) is 15.9 Å². The van der Waals surface area contributed by atoms with Crippen molar-refractivity contribution in [1.82, 2.24) is 15.1 Å². The maximum absolute atomic E-state index is 12.6. The van der Waals surface area contributed by atoms with Crippen LogP contribution in [0.1, 0.15) is 23.2 Å². The monoisotopic (exact) mass is 403 g/mol. The summed E-state index contributed by atoms with van der Waals surface area (Å²) in [7, 11) is 3.65. The predicted molar refractivity (Wildman–Crippen MR) is 97.0 cm³/mol. The maximum atomic E-state index is 12.6. The Hall–Kier alpha value is -1.11. The van der Waals surface area contributed by atoms with Crippen molar-refractivity contribution in [2.75, 3.05) is 33.7 Å². The third-order valence-corrected chi connectivity index (χ3v) is 4.49. The van der Waals surface area contributed by atoms with Crippen molar-refractivity contribution >= 4 is 40.2 Å². The van der Waals surface area contributed by atoms with Gasteiger partial charge in [0, 0.05) is 36.7 Å². The first-order chi connectivity index (χ1) is 10.5. The van der Waals surface area contributed by atoms with E-state index in [1.165, 1.54) is 0 Å². The molecule has 1 aliphatic rings. The molecule has 1 unspecified atom stereocenters. The Bertz CT molecular complexity index is 539. The van der Waals surface area contributed by atoms with Gasteiger partial charge in [-0.05, 0) is 44.2 Å².